The number of benzene rings is 1. The Bertz CT molecular complexity index is 679. The first-order valence-electron chi connectivity index (χ1n) is 6.51. The number of hydrogen-bond acceptors (Lipinski definition) is 4. The lowest BCUT2D eigenvalue weighted by molar-refractivity contribution is 0.276. The Morgan fingerprint density at radius 1 is 1.45 bits per heavy atom. The molecule has 0 spiro atoms. The average molecular weight is 290 g/mol. The minimum atomic E-state index is -0.0479. The first-order chi connectivity index (χ1) is 9.63. The number of para-hydroxylation sites is 1. The third kappa shape index (κ3) is 3.29. The molecule has 0 unspecified atom stereocenters. The van der Waals surface area contributed by atoms with Crippen molar-refractivity contribution < 1.29 is 5.11 Å². The highest BCUT2D eigenvalue weighted by Crippen LogP contribution is 2.19. The molecule has 0 atom stereocenters. The summed E-state index contributed by atoms with van der Waals surface area (Å²) in [6.45, 7) is 6.36. The first-order valence-corrected chi connectivity index (χ1v) is 7.49. The quantitative estimate of drug-likeness (QED) is 0.504. The van der Waals surface area contributed by atoms with Gasteiger partial charge in [-0.2, -0.15) is 0 Å². The van der Waals surface area contributed by atoms with E-state index >= 15 is 0 Å². The van der Waals surface area contributed by atoms with E-state index in [9.17, 15) is 4.79 Å². The molecule has 0 fully saturated rings. The molecule has 106 valence electrons. The second kappa shape index (κ2) is 6.72. The lowest BCUT2D eigenvalue weighted by Gasteiger charge is -2.12. The van der Waals surface area contributed by atoms with Crippen LogP contribution in [0, 0.1) is 0 Å². The fourth-order valence-corrected chi connectivity index (χ4v) is 2.74. The molecule has 5 heteroatoms. The van der Waals surface area contributed by atoms with Crippen molar-refractivity contribution in [2.24, 2.45) is 0 Å². The van der Waals surface area contributed by atoms with Gasteiger partial charge in [0.2, 0.25) is 0 Å². The fraction of sp³-hybridized carbons (Fsp3) is 0.333. The van der Waals surface area contributed by atoms with E-state index in [4.69, 9.17) is 5.11 Å². The monoisotopic (exact) mass is 290 g/mol. The summed E-state index contributed by atoms with van der Waals surface area (Å²) in [5.74, 6) is 0.726. The molecule has 20 heavy (non-hydrogen) atoms. The first kappa shape index (κ1) is 14.8. The topological polar surface area (TPSA) is 55.1 Å². The highest BCUT2D eigenvalue weighted by Gasteiger charge is 2.10. The Morgan fingerprint density at radius 2 is 2.20 bits per heavy atom. The van der Waals surface area contributed by atoms with Crippen molar-refractivity contribution in [1.82, 2.24) is 9.55 Å². The summed E-state index contributed by atoms with van der Waals surface area (Å²) < 4.78 is 1.64. The minimum absolute atomic E-state index is 0.0479. The second-order valence-electron chi connectivity index (χ2n) is 4.69. The van der Waals surface area contributed by atoms with Crippen molar-refractivity contribution in [1.29, 1.82) is 0 Å². The molecule has 0 aliphatic carbocycles. The molecule has 1 aromatic carbocycles. The van der Waals surface area contributed by atoms with Crippen LogP contribution < -0.4 is 5.56 Å². The largest absolute Gasteiger partial charge is 0.396 e. The van der Waals surface area contributed by atoms with E-state index in [0.717, 1.165) is 11.3 Å². The maximum atomic E-state index is 12.5. The zero-order valence-electron chi connectivity index (χ0n) is 11.5. The number of aromatic nitrogens is 2. The molecular formula is C15H18N2O2S. The molecule has 0 saturated heterocycles. The van der Waals surface area contributed by atoms with Gasteiger partial charge in [-0.3, -0.25) is 9.36 Å². The Kier molecular flexibility index (Phi) is 4.98. The smallest absolute Gasteiger partial charge is 0.262 e. The third-order valence-corrected chi connectivity index (χ3v) is 4.02. The molecule has 0 bridgehead atoms. The molecule has 2 aromatic rings. The zero-order chi connectivity index (χ0) is 14.5. The van der Waals surface area contributed by atoms with Gasteiger partial charge in [0.1, 0.15) is 0 Å². The maximum Gasteiger partial charge on any atom is 0.262 e. The lowest BCUT2D eigenvalue weighted by atomic mass is 10.2. The van der Waals surface area contributed by atoms with Gasteiger partial charge in [0.05, 0.1) is 10.9 Å². The van der Waals surface area contributed by atoms with Crippen LogP contribution in [0.4, 0.5) is 0 Å². The SMILES string of the molecule is C=C(C)CSc1nc2ccccc2c(=O)n1CCCO. The van der Waals surface area contributed by atoms with Crippen LogP contribution in [0.2, 0.25) is 0 Å². The van der Waals surface area contributed by atoms with Crippen molar-refractivity contribution in [3.05, 3.63) is 46.8 Å². The van der Waals surface area contributed by atoms with Gasteiger partial charge in [-0.25, -0.2) is 4.98 Å². The van der Waals surface area contributed by atoms with Gasteiger partial charge in [-0.05, 0) is 25.5 Å². The summed E-state index contributed by atoms with van der Waals surface area (Å²) in [6.07, 6.45) is 0.542. The number of nitrogens with zero attached hydrogens (tertiary/aromatic N) is 2. The van der Waals surface area contributed by atoms with Crippen LogP contribution in [0.25, 0.3) is 10.9 Å². The zero-order valence-corrected chi connectivity index (χ0v) is 12.3. The minimum Gasteiger partial charge on any atom is -0.396 e. The van der Waals surface area contributed by atoms with Crippen LogP contribution in [0.1, 0.15) is 13.3 Å². The molecule has 1 aromatic heterocycles. The van der Waals surface area contributed by atoms with Crippen LogP contribution in [0.5, 0.6) is 0 Å². The maximum absolute atomic E-state index is 12.5. The van der Waals surface area contributed by atoms with E-state index in [2.05, 4.69) is 11.6 Å². The van der Waals surface area contributed by atoms with E-state index in [1.807, 2.05) is 25.1 Å². The Hall–Kier alpha value is -1.59. The van der Waals surface area contributed by atoms with Crippen LogP contribution in [-0.2, 0) is 6.54 Å². The Labute approximate surface area is 122 Å². The van der Waals surface area contributed by atoms with Crippen LogP contribution in [0.15, 0.2) is 46.4 Å². The summed E-state index contributed by atoms with van der Waals surface area (Å²) in [5.41, 5.74) is 1.70. The van der Waals surface area contributed by atoms with Gasteiger partial charge in [0.15, 0.2) is 5.16 Å². The predicted molar refractivity (Wildman–Crippen MR) is 83.2 cm³/mol. The van der Waals surface area contributed by atoms with E-state index < -0.39 is 0 Å². The highest BCUT2D eigenvalue weighted by molar-refractivity contribution is 7.99. The van der Waals surface area contributed by atoms with E-state index in [1.165, 1.54) is 11.8 Å². The molecule has 4 nitrogen and oxygen atoms in total. The van der Waals surface area contributed by atoms with Crippen LogP contribution >= 0.6 is 11.8 Å². The Balaban J connectivity index is 2.51. The molecule has 0 saturated carbocycles. The molecule has 2 rings (SSSR count). The van der Waals surface area contributed by atoms with Crippen molar-refractivity contribution >= 4 is 22.7 Å². The molecular weight excluding hydrogens is 272 g/mol. The summed E-state index contributed by atoms with van der Waals surface area (Å²) in [6, 6.07) is 7.34. The highest BCUT2D eigenvalue weighted by atomic mass is 32.2. The normalized spacial score (nSPS) is 10.9. The summed E-state index contributed by atoms with van der Waals surface area (Å²) >= 11 is 1.51. The van der Waals surface area contributed by atoms with Gasteiger partial charge in [-0.15, -0.1) is 0 Å². The van der Waals surface area contributed by atoms with Gasteiger partial charge in [0, 0.05) is 18.9 Å². The van der Waals surface area contributed by atoms with Gasteiger partial charge in [-0.1, -0.05) is 36.0 Å². The van der Waals surface area contributed by atoms with Crippen molar-refractivity contribution in [3.63, 3.8) is 0 Å². The van der Waals surface area contributed by atoms with Gasteiger partial charge < -0.3 is 5.11 Å². The third-order valence-electron chi connectivity index (χ3n) is 2.81. The summed E-state index contributed by atoms with van der Waals surface area (Å²) in [5, 5.41) is 10.3. The van der Waals surface area contributed by atoms with E-state index in [1.54, 1.807) is 10.6 Å². The number of hydrogen-bond donors (Lipinski definition) is 1. The molecule has 0 aliphatic heterocycles. The number of aliphatic hydroxyl groups is 1. The summed E-state index contributed by atoms with van der Waals surface area (Å²) in [4.78, 5) is 17.1. The van der Waals surface area contributed by atoms with Gasteiger partial charge in [0.25, 0.3) is 5.56 Å². The molecule has 0 amide bonds. The lowest BCUT2D eigenvalue weighted by Crippen LogP contribution is -2.24. The van der Waals surface area contributed by atoms with E-state index in [0.29, 0.717) is 29.0 Å². The van der Waals surface area contributed by atoms with Crippen molar-refractivity contribution in [2.45, 2.75) is 25.0 Å². The standard InChI is InChI=1S/C15H18N2O2S/c1-11(2)10-20-15-16-13-7-4-3-6-12(13)14(19)17(15)8-5-9-18/h3-4,6-7,18H,1,5,8-10H2,2H3. The van der Waals surface area contributed by atoms with Crippen molar-refractivity contribution in [3.8, 4) is 0 Å². The number of aliphatic hydroxyl groups excluding tert-OH is 1. The predicted octanol–water partition coefficient (Wildman–Crippen LogP) is 2.45. The van der Waals surface area contributed by atoms with Crippen LogP contribution in [0.3, 0.4) is 0 Å². The molecule has 0 aliphatic rings. The second-order valence-corrected chi connectivity index (χ2v) is 5.63. The van der Waals surface area contributed by atoms with Crippen molar-refractivity contribution in [2.75, 3.05) is 12.4 Å². The Morgan fingerprint density at radius 3 is 2.90 bits per heavy atom. The van der Waals surface area contributed by atoms with Gasteiger partial charge >= 0.3 is 0 Å². The van der Waals surface area contributed by atoms with Crippen LogP contribution in [-0.4, -0.2) is 27.0 Å². The fourth-order valence-electron chi connectivity index (χ4n) is 1.87. The molecule has 0 radical (unpaired) electrons. The summed E-state index contributed by atoms with van der Waals surface area (Å²) in [7, 11) is 0. The van der Waals surface area contributed by atoms with E-state index in [-0.39, 0.29) is 12.2 Å². The molecule has 1 heterocycles. The number of rotatable bonds is 6. The number of thioether (sulfide) groups is 1. The number of fused-ring (bicyclic) bond motifs is 1. The molecule has 1 N–H and O–H groups in total. The average Bonchev–Trinajstić information content (AvgIpc) is 2.44.